The Morgan fingerprint density at radius 1 is 0.774 bits per heavy atom. The van der Waals surface area contributed by atoms with Gasteiger partial charge in [0.2, 0.25) is 5.91 Å². The van der Waals surface area contributed by atoms with Crippen LogP contribution in [0.25, 0.3) is 0 Å². The maximum absolute atomic E-state index is 13.2. The Morgan fingerprint density at radius 3 is 2.13 bits per heavy atom. The van der Waals surface area contributed by atoms with Crippen LogP contribution in [0.5, 0.6) is 0 Å². The van der Waals surface area contributed by atoms with Crippen molar-refractivity contribution >= 4 is 29.2 Å². The Kier molecular flexibility index (Phi) is 7.05. The molecule has 0 saturated carbocycles. The number of halogens is 2. The monoisotopic (exact) mass is 424 g/mol. The van der Waals surface area contributed by atoms with Crippen molar-refractivity contribution in [2.24, 2.45) is 0 Å². The first-order valence-electron chi connectivity index (χ1n) is 9.26. The van der Waals surface area contributed by atoms with Crippen molar-refractivity contribution in [2.45, 2.75) is 6.42 Å². The minimum atomic E-state index is -0.854. The third kappa shape index (κ3) is 6.46. The molecule has 31 heavy (non-hydrogen) atoms. The molecule has 0 heterocycles. The molecule has 0 unspecified atom stereocenters. The first-order valence-corrected chi connectivity index (χ1v) is 9.26. The van der Waals surface area contributed by atoms with E-state index < -0.39 is 30.1 Å². The van der Waals surface area contributed by atoms with E-state index in [1.165, 1.54) is 12.1 Å². The molecule has 0 aromatic heterocycles. The Bertz CT molecular complexity index is 1080. The zero-order valence-corrected chi connectivity index (χ0v) is 16.2. The van der Waals surface area contributed by atoms with Crippen LogP contribution in [0.3, 0.4) is 0 Å². The van der Waals surface area contributed by atoms with Crippen LogP contribution in [-0.2, 0) is 20.7 Å². The van der Waals surface area contributed by atoms with Crippen LogP contribution >= 0.6 is 0 Å². The summed E-state index contributed by atoms with van der Waals surface area (Å²) in [6, 6.07) is 17.8. The molecular weight excluding hydrogens is 406 g/mol. The lowest BCUT2D eigenvalue weighted by atomic mass is 10.1. The second-order valence-electron chi connectivity index (χ2n) is 6.54. The third-order valence-electron chi connectivity index (χ3n) is 4.11. The fourth-order valence-corrected chi connectivity index (χ4v) is 2.78. The van der Waals surface area contributed by atoms with Gasteiger partial charge in [-0.15, -0.1) is 0 Å². The van der Waals surface area contributed by atoms with Crippen LogP contribution in [0.15, 0.2) is 72.8 Å². The number of ether oxygens (including phenoxy) is 1. The van der Waals surface area contributed by atoms with Crippen molar-refractivity contribution in [3.8, 4) is 0 Å². The van der Waals surface area contributed by atoms with E-state index in [9.17, 15) is 23.2 Å². The van der Waals surface area contributed by atoms with Crippen molar-refractivity contribution in [3.63, 3.8) is 0 Å². The molecule has 0 aliphatic heterocycles. The Balaban J connectivity index is 1.59. The van der Waals surface area contributed by atoms with Gasteiger partial charge >= 0.3 is 5.97 Å². The molecule has 6 nitrogen and oxygen atoms in total. The van der Waals surface area contributed by atoms with E-state index in [-0.39, 0.29) is 29.3 Å². The molecule has 3 rings (SSSR count). The normalized spacial score (nSPS) is 10.3. The van der Waals surface area contributed by atoms with Gasteiger partial charge in [0.1, 0.15) is 11.6 Å². The molecule has 0 fully saturated rings. The van der Waals surface area contributed by atoms with Crippen LogP contribution < -0.4 is 10.6 Å². The van der Waals surface area contributed by atoms with E-state index in [4.69, 9.17) is 4.74 Å². The summed E-state index contributed by atoms with van der Waals surface area (Å²) < 4.78 is 31.4. The fraction of sp³-hybridized carbons (Fsp3) is 0.0870. The summed E-state index contributed by atoms with van der Waals surface area (Å²) in [5.41, 5.74) is 1.01. The summed E-state index contributed by atoms with van der Waals surface area (Å²) in [4.78, 5) is 36.6. The van der Waals surface area contributed by atoms with Crippen molar-refractivity contribution < 1.29 is 27.9 Å². The molecule has 8 heteroatoms. The van der Waals surface area contributed by atoms with Gasteiger partial charge < -0.3 is 15.4 Å². The van der Waals surface area contributed by atoms with Crippen molar-refractivity contribution in [2.75, 3.05) is 17.2 Å². The highest BCUT2D eigenvalue weighted by Gasteiger charge is 2.16. The van der Waals surface area contributed by atoms with Crippen molar-refractivity contribution in [3.05, 3.63) is 95.6 Å². The number of rotatable bonds is 7. The molecule has 2 amide bonds. The van der Waals surface area contributed by atoms with Gasteiger partial charge in [-0.3, -0.25) is 9.59 Å². The number of hydrogen-bond acceptors (Lipinski definition) is 4. The van der Waals surface area contributed by atoms with Gasteiger partial charge in [-0.05, 0) is 29.8 Å². The molecule has 0 atom stereocenters. The highest BCUT2D eigenvalue weighted by molar-refractivity contribution is 6.02. The van der Waals surface area contributed by atoms with E-state index in [0.29, 0.717) is 6.07 Å². The van der Waals surface area contributed by atoms with E-state index in [1.54, 1.807) is 12.1 Å². The van der Waals surface area contributed by atoms with E-state index in [1.807, 2.05) is 30.3 Å². The van der Waals surface area contributed by atoms with E-state index >= 15 is 0 Å². The van der Waals surface area contributed by atoms with Crippen LogP contribution in [-0.4, -0.2) is 24.4 Å². The predicted octanol–water partition coefficient (Wildman–Crippen LogP) is 3.94. The number of nitrogens with one attached hydrogen (secondary N) is 2. The Labute approximate surface area is 176 Å². The largest absolute Gasteiger partial charge is 0.452 e. The van der Waals surface area contributed by atoms with Gasteiger partial charge in [0.25, 0.3) is 5.91 Å². The number of carbonyl (C=O) groups excluding carboxylic acids is 3. The SMILES string of the molecule is O=C(COC(=O)c1ccccc1NC(=O)Cc1ccccc1)Nc1cc(F)cc(F)c1. The predicted molar refractivity (Wildman–Crippen MR) is 110 cm³/mol. The van der Waals surface area contributed by atoms with Crippen LogP contribution in [0, 0.1) is 11.6 Å². The van der Waals surface area contributed by atoms with Crippen LogP contribution in [0.4, 0.5) is 20.2 Å². The Hall–Kier alpha value is -4.07. The molecule has 0 aliphatic carbocycles. The second-order valence-corrected chi connectivity index (χ2v) is 6.54. The third-order valence-corrected chi connectivity index (χ3v) is 4.11. The smallest absolute Gasteiger partial charge is 0.340 e. The molecule has 0 saturated heterocycles. The number of hydrogen-bond donors (Lipinski definition) is 2. The van der Waals surface area contributed by atoms with Gasteiger partial charge in [0.15, 0.2) is 6.61 Å². The molecule has 0 spiro atoms. The zero-order chi connectivity index (χ0) is 22.2. The topological polar surface area (TPSA) is 84.5 Å². The summed E-state index contributed by atoms with van der Waals surface area (Å²) in [5, 5.41) is 4.89. The lowest BCUT2D eigenvalue weighted by Crippen LogP contribution is -2.22. The maximum Gasteiger partial charge on any atom is 0.340 e. The average molecular weight is 424 g/mol. The van der Waals surface area contributed by atoms with E-state index in [2.05, 4.69) is 10.6 Å². The first kappa shape index (κ1) is 21.6. The summed E-state index contributed by atoms with van der Waals surface area (Å²) >= 11 is 0. The summed E-state index contributed by atoms with van der Waals surface area (Å²) in [6.07, 6.45) is 0.122. The minimum absolute atomic E-state index is 0.0634. The molecule has 158 valence electrons. The van der Waals surface area contributed by atoms with Gasteiger partial charge in [0, 0.05) is 11.8 Å². The second kappa shape index (κ2) is 10.1. The van der Waals surface area contributed by atoms with Gasteiger partial charge in [-0.2, -0.15) is 0 Å². The summed E-state index contributed by atoms with van der Waals surface area (Å²) in [6.45, 7) is -0.677. The van der Waals surface area contributed by atoms with E-state index in [0.717, 1.165) is 17.7 Å². The molecule has 0 aliphatic rings. The van der Waals surface area contributed by atoms with Gasteiger partial charge in [0.05, 0.1) is 17.7 Å². The zero-order valence-electron chi connectivity index (χ0n) is 16.2. The molecule has 3 aromatic rings. The number of anilines is 2. The van der Waals surface area contributed by atoms with Crippen LogP contribution in [0.1, 0.15) is 15.9 Å². The molecule has 0 bridgehead atoms. The summed E-state index contributed by atoms with van der Waals surface area (Å²) in [7, 11) is 0. The standard InChI is InChI=1S/C23H18F2N2O4/c24-16-11-17(25)13-18(12-16)26-22(29)14-31-23(30)19-8-4-5-9-20(19)27-21(28)10-15-6-2-1-3-7-15/h1-9,11-13H,10,14H2,(H,26,29)(H,27,28). The lowest BCUT2D eigenvalue weighted by Gasteiger charge is -2.11. The number of para-hydroxylation sites is 1. The Morgan fingerprint density at radius 2 is 1.42 bits per heavy atom. The number of benzene rings is 3. The van der Waals surface area contributed by atoms with Crippen molar-refractivity contribution in [1.82, 2.24) is 0 Å². The fourth-order valence-electron chi connectivity index (χ4n) is 2.78. The maximum atomic E-state index is 13.2. The highest BCUT2D eigenvalue weighted by atomic mass is 19.1. The molecule has 2 N–H and O–H groups in total. The first-order chi connectivity index (χ1) is 14.9. The van der Waals surface area contributed by atoms with Crippen molar-refractivity contribution in [1.29, 1.82) is 0 Å². The minimum Gasteiger partial charge on any atom is -0.452 e. The number of esters is 1. The van der Waals surface area contributed by atoms with Gasteiger partial charge in [-0.1, -0.05) is 42.5 Å². The van der Waals surface area contributed by atoms with Crippen LogP contribution in [0.2, 0.25) is 0 Å². The quantitative estimate of drug-likeness (QED) is 0.563. The molecular formula is C23H18F2N2O4. The molecule has 3 aromatic carbocycles. The lowest BCUT2D eigenvalue weighted by molar-refractivity contribution is -0.119. The van der Waals surface area contributed by atoms with Gasteiger partial charge in [-0.25, -0.2) is 13.6 Å². The molecule has 0 radical (unpaired) electrons. The number of amides is 2. The number of carbonyl (C=O) groups is 3. The summed E-state index contributed by atoms with van der Waals surface area (Å²) in [5.74, 6) is -3.64. The highest BCUT2D eigenvalue weighted by Crippen LogP contribution is 2.17. The average Bonchev–Trinajstić information content (AvgIpc) is 2.72.